The Bertz CT molecular complexity index is 279. The molecular weight excluding hydrogens is 202 g/mol. The smallest absolute Gasteiger partial charge is 0.325 e. The minimum Gasteiger partial charge on any atom is -0.468 e. The van der Waals surface area contributed by atoms with E-state index in [9.17, 15) is 4.79 Å². The summed E-state index contributed by atoms with van der Waals surface area (Å²) in [5, 5.41) is 3.39. The fourth-order valence-electron chi connectivity index (χ4n) is 3.41. The third-order valence-corrected chi connectivity index (χ3v) is 4.46. The third kappa shape index (κ3) is 2.10. The van der Waals surface area contributed by atoms with E-state index in [-0.39, 0.29) is 5.97 Å². The first-order valence-electron chi connectivity index (χ1n) is 6.38. The van der Waals surface area contributed by atoms with Crippen molar-refractivity contribution in [2.75, 3.05) is 13.7 Å². The summed E-state index contributed by atoms with van der Waals surface area (Å²) in [7, 11) is 1.48. The summed E-state index contributed by atoms with van der Waals surface area (Å²) < 4.78 is 4.90. The molecule has 3 unspecified atom stereocenters. The normalized spacial score (nSPS) is 43.6. The van der Waals surface area contributed by atoms with Gasteiger partial charge in [0.2, 0.25) is 0 Å². The van der Waals surface area contributed by atoms with Crippen LogP contribution in [0.2, 0.25) is 0 Å². The molecule has 0 aromatic heterocycles. The van der Waals surface area contributed by atoms with Crippen LogP contribution < -0.4 is 5.32 Å². The Balaban J connectivity index is 2.05. The van der Waals surface area contributed by atoms with E-state index < -0.39 is 5.54 Å². The first-order valence-corrected chi connectivity index (χ1v) is 6.38. The Morgan fingerprint density at radius 1 is 1.38 bits per heavy atom. The highest BCUT2D eigenvalue weighted by Gasteiger charge is 2.44. The van der Waals surface area contributed by atoms with Gasteiger partial charge in [0.1, 0.15) is 5.54 Å². The summed E-state index contributed by atoms with van der Waals surface area (Å²) in [5.41, 5.74) is -0.451. The van der Waals surface area contributed by atoms with Crippen molar-refractivity contribution in [3.63, 3.8) is 0 Å². The molecule has 2 rings (SSSR count). The second-order valence-corrected chi connectivity index (χ2v) is 5.85. The number of hydrogen-bond acceptors (Lipinski definition) is 3. The Morgan fingerprint density at radius 2 is 2.12 bits per heavy atom. The van der Waals surface area contributed by atoms with Crippen LogP contribution in [0.5, 0.6) is 0 Å². The molecule has 3 heteroatoms. The van der Waals surface area contributed by atoms with Gasteiger partial charge in [0, 0.05) is 0 Å². The molecule has 4 atom stereocenters. The van der Waals surface area contributed by atoms with Gasteiger partial charge in [0.15, 0.2) is 0 Å². The molecule has 1 N–H and O–H groups in total. The molecule has 0 radical (unpaired) electrons. The molecule has 2 fully saturated rings. The van der Waals surface area contributed by atoms with Gasteiger partial charge in [-0.2, -0.15) is 0 Å². The predicted octanol–water partition coefficient (Wildman–Crippen LogP) is 1.96. The molecule has 0 bridgehead atoms. The number of nitrogens with one attached hydrogen (secondary N) is 1. The third-order valence-electron chi connectivity index (χ3n) is 4.46. The van der Waals surface area contributed by atoms with E-state index in [2.05, 4.69) is 12.2 Å². The molecule has 1 saturated heterocycles. The zero-order valence-electron chi connectivity index (χ0n) is 10.6. The lowest BCUT2D eigenvalue weighted by Gasteiger charge is -2.45. The number of ether oxygens (including phenoxy) is 1. The first kappa shape index (κ1) is 11.9. The van der Waals surface area contributed by atoms with Gasteiger partial charge in [0.25, 0.3) is 0 Å². The van der Waals surface area contributed by atoms with Crippen molar-refractivity contribution in [3.8, 4) is 0 Å². The maximum Gasteiger partial charge on any atom is 0.325 e. The van der Waals surface area contributed by atoms with Gasteiger partial charge in [-0.3, -0.25) is 4.79 Å². The van der Waals surface area contributed by atoms with Crippen LogP contribution in [0.1, 0.15) is 39.5 Å². The largest absolute Gasteiger partial charge is 0.468 e. The van der Waals surface area contributed by atoms with Gasteiger partial charge in [-0.1, -0.05) is 13.3 Å². The van der Waals surface area contributed by atoms with Gasteiger partial charge in [-0.15, -0.1) is 0 Å². The van der Waals surface area contributed by atoms with E-state index in [1.807, 2.05) is 6.92 Å². The highest BCUT2D eigenvalue weighted by atomic mass is 16.5. The van der Waals surface area contributed by atoms with Gasteiger partial charge >= 0.3 is 5.97 Å². The molecular formula is C13H23NO2. The number of carbonyl (C=O) groups excluding carboxylic acids is 1. The standard InChI is InChI=1S/C13H23NO2/c1-9-4-5-10-8-14-13(2,12(15)16-3)7-11(10)6-9/h9-11,14H,4-8H2,1-3H3/t9?,10?,11?,13-/m0/s1. The molecule has 1 heterocycles. The van der Waals surface area contributed by atoms with Gasteiger partial charge in [-0.05, 0) is 50.5 Å². The minimum absolute atomic E-state index is 0.107. The average molecular weight is 225 g/mol. The molecule has 16 heavy (non-hydrogen) atoms. The van der Waals surface area contributed by atoms with Crippen LogP contribution in [-0.4, -0.2) is 25.2 Å². The molecule has 0 amide bonds. The summed E-state index contributed by atoms with van der Waals surface area (Å²) in [6.07, 6.45) is 4.88. The number of piperidine rings is 1. The SMILES string of the molecule is COC(=O)[C@]1(C)CC2CC(C)CCC2CN1. The molecule has 3 nitrogen and oxygen atoms in total. The first-order chi connectivity index (χ1) is 7.55. The van der Waals surface area contributed by atoms with E-state index in [1.54, 1.807) is 0 Å². The number of esters is 1. The Hall–Kier alpha value is -0.570. The monoisotopic (exact) mass is 225 g/mol. The Labute approximate surface area is 97.9 Å². The zero-order chi connectivity index (χ0) is 11.8. The van der Waals surface area contributed by atoms with Crippen LogP contribution in [0, 0.1) is 17.8 Å². The second kappa shape index (κ2) is 4.36. The summed E-state index contributed by atoms with van der Waals surface area (Å²) >= 11 is 0. The fraction of sp³-hybridized carbons (Fsp3) is 0.923. The quantitative estimate of drug-likeness (QED) is 0.693. The maximum atomic E-state index is 11.8. The average Bonchev–Trinajstić information content (AvgIpc) is 2.27. The summed E-state index contributed by atoms with van der Waals surface area (Å²) in [4.78, 5) is 11.8. The van der Waals surface area contributed by atoms with Crippen LogP contribution in [0.15, 0.2) is 0 Å². The lowest BCUT2D eigenvalue weighted by molar-refractivity contribution is -0.150. The molecule has 1 aliphatic carbocycles. The molecule has 0 aromatic carbocycles. The topological polar surface area (TPSA) is 38.3 Å². The van der Waals surface area contributed by atoms with Crippen LogP contribution in [0.4, 0.5) is 0 Å². The van der Waals surface area contributed by atoms with Crippen molar-refractivity contribution in [1.82, 2.24) is 5.32 Å². The summed E-state index contributed by atoms with van der Waals surface area (Å²) in [6.45, 7) is 5.28. The molecule has 0 spiro atoms. The van der Waals surface area contributed by atoms with E-state index in [0.29, 0.717) is 5.92 Å². The number of hydrogen-bond donors (Lipinski definition) is 1. The van der Waals surface area contributed by atoms with Crippen molar-refractivity contribution in [2.24, 2.45) is 17.8 Å². The van der Waals surface area contributed by atoms with Gasteiger partial charge in [-0.25, -0.2) is 0 Å². The summed E-state index contributed by atoms with van der Waals surface area (Å²) in [6, 6.07) is 0. The maximum absolute atomic E-state index is 11.8. The molecule has 92 valence electrons. The molecule has 0 aromatic rings. The van der Waals surface area contributed by atoms with Crippen molar-refractivity contribution >= 4 is 5.97 Å². The van der Waals surface area contributed by atoms with E-state index >= 15 is 0 Å². The lowest BCUT2D eigenvalue weighted by Crippen LogP contribution is -2.58. The van der Waals surface area contributed by atoms with E-state index in [1.165, 1.54) is 26.4 Å². The van der Waals surface area contributed by atoms with Crippen molar-refractivity contribution < 1.29 is 9.53 Å². The molecule has 1 aliphatic heterocycles. The van der Waals surface area contributed by atoms with Crippen molar-refractivity contribution in [1.29, 1.82) is 0 Å². The Morgan fingerprint density at radius 3 is 2.81 bits per heavy atom. The summed E-state index contributed by atoms with van der Waals surface area (Å²) in [5.74, 6) is 2.19. The highest BCUT2D eigenvalue weighted by Crippen LogP contribution is 2.41. The number of carbonyl (C=O) groups is 1. The molecule has 1 saturated carbocycles. The number of rotatable bonds is 1. The lowest BCUT2D eigenvalue weighted by atomic mass is 9.67. The number of fused-ring (bicyclic) bond motifs is 1. The fourth-order valence-corrected chi connectivity index (χ4v) is 3.41. The second-order valence-electron chi connectivity index (χ2n) is 5.85. The zero-order valence-corrected chi connectivity index (χ0v) is 10.6. The van der Waals surface area contributed by atoms with Crippen LogP contribution in [0.25, 0.3) is 0 Å². The molecule has 2 aliphatic rings. The van der Waals surface area contributed by atoms with Crippen LogP contribution in [0.3, 0.4) is 0 Å². The van der Waals surface area contributed by atoms with Crippen LogP contribution >= 0.6 is 0 Å². The minimum atomic E-state index is -0.451. The van der Waals surface area contributed by atoms with E-state index in [0.717, 1.165) is 24.8 Å². The number of methoxy groups -OCH3 is 1. The van der Waals surface area contributed by atoms with Gasteiger partial charge < -0.3 is 10.1 Å². The predicted molar refractivity (Wildman–Crippen MR) is 63.0 cm³/mol. The van der Waals surface area contributed by atoms with Crippen molar-refractivity contribution in [2.45, 2.75) is 45.1 Å². The van der Waals surface area contributed by atoms with Crippen LogP contribution in [-0.2, 0) is 9.53 Å². The van der Waals surface area contributed by atoms with E-state index in [4.69, 9.17) is 4.74 Å². The van der Waals surface area contributed by atoms with Crippen molar-refractivity contribution in [3.05, 3.63) is 0 Å². The van der Waals surface area contributed by atoms with Gasteiger partial charge in [0.05, 0.1) is 7.11 Å². The highest BCUT2D eigenvalue weighted by molar-refractivity contribution is 5.80. The Kier molecular flexibility index (Phi) is 3.24.